The highest BCUT2D eigenvalue weighted by atomic mass is 35.5. The Morgan fingerprint density at radius 1 is 1.00 bits per heavy atom. The minimum Gasteiger partial charge on any atom is -0.454 e. The summed E-state index contributed by atoms with van der Waals surface area (Å²) in [7, 11) is -3.68. The molecule has 2 saturated carbocycles. The normalized spacial score (nSPS) is 15.9. The van der Waals surface area contributed by atoms with Crippen LogP contribution in [0, 0.1) is 5.92 Å². The van der Waals surface area contributed by atoms with Gasteiger partial charge in [-0.2, -0.15) is 28.1 Å². The quantitative estimate of drug-likeness (QED) is 0.212. The van der Waals surface area contributed by atoms with E-state index in [2.05, 4.69) is 20.3 Å². The van der Waals surface area contributed by atoms with Crippen LogP contribution in [-0.2, 0) is 26.6 Å². The Hall–Kier alpha value is -3.58. The zero-order valence-corrected chi connectivity index (χ0v) is 25.1. The Morgan fingerprint density at radius 2 is 1.68 bits per heavy atom. The van der Waals surface area contributed by atoms with Crippen molar-refractivity contribution in [2.45, 2.75) is 56.7 Å². The molecule has 0 aliphatic heterocycles. The number of benzene rings is 2. The third kappa shape index (κ3) is 8.98. The first kappa shape index (κ1) is 31.8. The predicted octanol–water partition coefficient (Wildman–Crippen LogP) is 5.51. The van der Waals surface area contributed by atoms with Gasteiger partial charge in [0, 0.05) is 29.3 Å². The molecule has 0 bridgehead atoms. The molecule has 0 atom stereocenters. The number of nitrogens with zero attached hydrogens (tertiary/aromatic N) is 3. The van der Waals surface area contributed by atoms with E-state index in [1.54, 1.807) is 24.3 Å². The lowest BCUT2D eigenvalue weighted by atomic mass is 10.1. The molecule has 1 aromatic heterocycles. The number of ketones is 2. The molecule has 0 radical (unpaired) electrons. The van der Waals surface area contributed by atoms with Crippen molar-refractivity contribution in [3.63, 3.8) is 0 Å². The topological polar surface area (TPSA) is 128 Å². The Morgan fingerprint density at radius 3 is 2.30 bits per heavy atom. The van der Waals surface area contributed by atoms with Crippen LogP contribution in [0.4, 0.5) is 19.1 Å². The second kappa shape index (κ2) is 12.8. The number of carbonyl (C=O) groups excluding carboxylic acids is 2. The number of sulfone groups is 1. The molecule has 2 aliphatic rings. The fourth-order valence-electron chi connectivity index (χ4n) is 4.76. The monoisotopic (exact) mass is 650 g/mol. The van der Waals surface area contributed by atoms with E-state index < -0.39 is 45.7 Å². The summed E-state index contributed by atoms with van der Waals surface area (Å²) in [5, 5.41) is 3.79. The summed E-state index contributed by atoms with van der Waals surface area (Å²) in [6.45, 7) is -1.57. The predicted molar refractivity (Wildman–Crippen MR) is 157 cm³/mol. The number of carbonyl (C=O) groups is 2. The van der Waals surface area contributed by atoms with Gasteiger partial charge in [0.15, 0.2) is 22.2 Å². The highest BCUT2D eigenvalue weighted by Gasteiger charge is 2.45. The summed E-state index contributed by atoms with van der Waals surface area (Å²) >= 11 is 6.01. The molecule has 0 amide bonds. The van der Waals surface area contributed by atoms with E-state index in [9.17, 15) is 31.2 Å². The fraction of sp³-hybridized carbons (Fsp3) is 0.433. The lowest BCUT2D eigenvalue weighted by Gasteiger charge is -2.19. The number of halogens is 4. The van der Waals surface area contributed by atoms with Gasteiger partial charge in [-0.05, 0) is 55.4 Å². The van der Waals surface area contributed by atoms with Crippen molar-refractivity contribution >= 4 is 39.0 Å². The maximum atomic E-state index is 12.9. The van der Waals surface area contributed by atoms with Gasteiger partial charge >= 0.3 is 12.2 Å². The molecule has 9 nitrogen and oxygen atoms in total. The average molecular weight is 651 g/mol. The van der Waals surface area contributed by atoms with Gasteiger partial charge in [-0.15, -0.1) is 0 Å². The van der Waals surface area contributed by atoms with Crippen molar-refractivity contribution in [1.82, 2.24) is 15.0 Å². The molecule has 1 N–H and O–H groups in total. The summed E-state index contributed by atoms with van der Waals surface area (Å²) < 4.78 is 68.3. The van der Waals surface area contributed by atoms with E-state index in [-0.39, 0.29) is 54.1 Å². The molecule has 14 heteroatoms. The Balaban J connectivity index is 1.25. The third-order valence-electron chi connectivity index (χ3n) is 7.42. The van der Waals surface area contributed by atoms with Crippen LogP contribution in [0.25, 0.3) is 0 Å². The standard InChI is InChI=1S/C30H30ClF3N4O5S/c31-23-11-9-22(10-12-23)29(13-14-29)38-27-35-26(36-28(37-27)43-18-30(32,33)34)16-19-3-5-21(6-4-19)25(40)17-44(41,42)15-1-2-24(39)20-7-8-20/h3-6,9-12,20H,1-2,7-8,13-18H2,(H,35,36,37,38). The molecule has 0 saturated heterocycles. The van der Waals surface area contributed by atoms with E-state index in [4.69, 9.17) is 16.3 Å². The molecule has 2 fully saturated rings. The molecule has 0 spiro atoms. The SMILES string of the molecule is O=C(CS(=O)(=O)CCCC(=O)C1CC1)c1ccc(Cc2nc(NC3(c4ccc(Cl)cc4)CC3)nc(OCC(F)(F)F)n2)cc1. The zero-order valence-electron chi connectivity index (χ0n) is 23.6. The van der Waals surface area contributed by atoms with Crippen molar-refractivity contribution in [2.24, 2.45) is 5.92 Å². The molecule has 5 rings (SSSR count). The van der Waals surface area contributed by atoms with Gasteiger partial charge in [-0.3, -0.25) is 9.59 Å². The molecular weight excluding hydrogens is 621 g/mol. The van der Waals surface area contributed by atoms with Gasteiger partial charge in [0.25, 0.3) is 0 Å². The van der Waals surface area contributed by atoms with E-state index in [1.807, 2.05) is 12.1 Å². The summed E-state index contributed by atoms with van der Waals surface area (Å²) in [6, 6.07) is 12.9. The Kier molecular flexibility index (Phi) is 9.26. The first-order valence-electron chi connectivity index (χ1n) is 14.1. The summed E-state index contributed by atoms with van der Waals surface area (Å²) in [4.78, 5) is 37.0. The van der Waals surface area contributed by atoms with Gasteiger partial charge < -0.3 is 10.1 Å². The first-order chi connectivity index (χ1) is 20.8. The van der Waals surface area contributed by atoms with Gasteiger partial charge in [0.2, 0.25) is 5.95 Å². The lowest BCUT2D eigenvalue weighted by molar-refractivity contribution is -0.154. The maximum Gasteiger partial charge on any atom is 0.422 e. The Labute approximate surface area is 257 Å². The van der Waals surface area contributed by atoms with Crippen LogP contribution >= 0.6 is 11.6 Å². The van der Waals surface area contributed by atoms with Crippen molar-refractivity contribution < 1.29 is 35.9 Å². The lowest BCUT2D eigenvalue weighted by Crippen LogP contribution is -2.23. The molecule has 2 aromatic carbocycles. The van der Waals surface area contributed by atoms with Crippen LogP contribution in [0.1, 0.15) is 65.8 Å². The van der Waals surface area contributed by atoms with Crippen molar-refractivity contribution in [3.8, 4) is 6.01 Å². The number of Topliss-reactive ketones (excluding diaryl/α,β-unsaturated/α-hetero) is 2. The summed E-state index contributed by atoms with van der Waals surface area (Å²) in [5.41, 5.74) is 1.24. The second-order valence-corrected chi connectivity index (χ2v) is 13.8. The maximum absolute atomic E-state index is 12.9. The van der Waals surface area contributed by atoms with E-state index >= 15 is 0 Å². The number of alkyl halides is 3. The molecule has 1 heterocycles. The van der Waals surface area contributed by atoms with Crippen molar-refractivity contribution in [1.29, 1.82) is 0 Å². The second-order valence-electron chi connectivity index (χ2n) is 11.2. The van der Waals surface area contributed by atoms with Gasteiger partial charge in [-0.25, -0.2) is 8.42 Å². The minimum atomic E-state index is -4.59. The number of aromatic nitrogens is 3. The summed E-state index contributed by atoms with van der Waals surface area (Å²) in [6.07, 6.45) is -0.891. The zero-order chi connectivity index (χ0) is 31.5. The number of hydrogen-bond donors (Lipinski definition) is 1. The van der Waals surface area contributed by atoms with E-state index in [0.717, 1.165) is 31.2 Å². The largest absolute Gasteiger partial charge is 0.454 e. The fourth-order valence-corrected chi connectivity index (χ4v) is 6.18. The van der Waals surface area contributed by atoms with Crippen LogP contribution < -0.4 is 10.1 Å². The van der Waals surface area contributed by atoms with Crippen LogP contribution in [-0.4, -0.2) is 59.2 Å². The van der Waals surface area contributed by atoms with Crippen molar-refractivity contribution in [2.75, 3.05) is 23.4 Å². The Bertz CT molecular complexity index is 1630. The number of hydrogen-bond acceptors (Lipinski definition) is 9. The number of anilines is 1. The van der Waals surface area contributed by atoms with Gasteiger partial charge in [0.05, 0.1) is 11.3 Å². The van der Waals surface area contributed by atoms with Gasteiger partial charge in [-0.1, -0.05) is 48.0 Å². The first-order valence-corrected chi connectivity index (χ1v) is 16.3. The smallest absolute Gasteiger partial charge is 0.422 e. The van der Waals surface area contributed by atoms with Crippen molar-refractivity contribution in [3.05, 3.63) is 76.1 Å². The molecule has 3 aromatic rings. The van der Waals surface area contributed by atoms with Crippen LogP contribution in [0.5, 0.6) is 6.01 Å². The van der Waals surface area contributed by atoms with E-state index in [0.29, 0.717) is 10.6 Å². The van der Waals surface area contributed by atoms with Crippen LogP contribution in [0.2, 0.25) is 5.02 Å². The number of nitrogens with one attached hydrogen (secondary N) is 1. The number of rotatable bonds is 15. The van der Waals surface area contributed by atoms with E-state index in [1.165, 1.54) is 12.1 Å². The summed E-state index contributed by atoms with van der Waals surface area (Å²) in [5.74, 6) is -1.14. The number of ether oxygens (including phenoxy) is 1. The molecule has 0 unspecified atom stereocenters. The molecular formula is C30H30ClF3N4O5S. The highest BCUT2D eigenvalue weighted by Crippen LogP contribution is 2.48. The average Bonchev–Trinajstić information content (AvgIpc) is 3.88. The third-order valence-corrected chi connectivity index (χ3v) is 9.29. The molecule has 2 aliphatic carbocycles. The molecule has 44 heavy (non-hydrogen) atoms. The highest BCUT2D eigenvalue weighted by molar-refractivity contribution is 7.92. The van der Waals surface area contributed by atoms with Gasteiger partial charge in [0.1, 0.15) is 17.4 Å². The van der Waals surface area contributed by atoms with Crippen LogP contribution in [0.15, 0.2) is 48.5 Å². The minimum absolute atomic E-state index is 0.0514. The van der Waals surface area contributed by atoms with Crippen LogP contribution in [0.3, 0.4) is 0 Å². The molecule has 234 valence electrons.